The number of methoxy groups -OCH3 is 2. The van der Waals surface area contributed by atoms with Crippen LogP contribution in [-0.2, 0) is 32.1 Å². The fourth-order valence-corrected chi connectivity index (χ4v) is 5.41. The molecule has 0 bridgehead atoms. The van der Waals surface area contributed by atoms with E-state index in [4.69, 9.17) is 9.47 Å². The Morgan fingerprint density at radius 3 is 2.67 bits per heavy atom. The van der Waals surface area contributed by atoms with Crippen LogP contribution in [0, 0.1) is 5.92 Å². The van der Waals surface area contributed by atoms with Gasteiger partial charge in [0.2, 0.25) is 0 Å². The number of allylic oxidation sites excluding steroid dienone is 2. The molecular weight excluding hydrogens is 456 g/mol. The van der Waals surface area contributed by atoms with Gasteiger partial charge < -0.3 is 19.3 Å². The van der Waals surface area contributed by atoms with Crippen LogP contribution in [0.3, 0.4) is 0 Å². The SMILES string of the molecule is COC(=O)CCCC=CC[C@H]1C(=O)C[C@@H](O)[C@@H]1c1ccc2c(c1)CCC2OCc1ccc(OC)cc1. The zero-order chi connectivity index (χ0) is 25.5. The van der Waals surface area contributed by atoms with Gasteiger partial charge in [0.1, 0.15) is 11.5 Å². The van der Waals surface area contributed by atoms with Crippen LogP contribution < -0.4 is 4.74 Å². The summed E-state index contributed by atoms with van der Waals surface area (Å²) in [5.41, 5.74) is 4.59. The van der Waals surface area contributed by atoms with E-state index in [0.29, 0.717) is 19.4 Å². The third-order valence-corrected chi connectivity index (χ3v) is 7.39. The lowest BCUT2D eigenvalue weighted by Crippen LogP contribution is -2.18. The molecule has 2 aliphatic carbocycles. The lowest BCUT2D eigenvalue weighted by atomic mass is 9.84. The van der Waals surface area contributed by atoms with Crippen molar-refractivity contribution in [2.24, 2.45) is 5.92 Å². The molecule has 2 aromatic carbocycles. The summed E-state index contributed by atoms with van der Waals surface area (Å²) >= 11 is 0. The lowest BCUT2D eigenvalue weighted by Gasteiger charge is -2.22. The first kappa shape index (κ1) is 26.1. The molecule has 1 saturated carbocycles. The first-order valence-electron chi connectivity index (χ1n) is 12.8. The van der Waals surface area contributed by atoms with Crippen molar-refractivity contribution in [1.82, 2.24) is 0 Å². The normalized spacial score (nSPS) is 23.2. The van der Waals surface area contributed by atoms with Crippen LogP contribution in [0.15, 0.2) is 54.6 Å². The highest BCUT2D eigenvalue weighted by Crippen LogP contribution is 2.43. The molecule has 1 fully saturated rings. The third kappa shape index (κ3) is 6.23. The van der Waals surface area contributed by atoms with Crippen LogP contribution in [0.25, 0.3) is 0 Å². The standard InChI is InChI=1S/C30H36O6/c1-34-23-13-9-20(10-14-23)19-36-28-16-12-21-17-22(11-15-24(21)28)30-25(26(31)18-27(30)32)7-5-3-4-6-8-29(33)35-2/h3,5,9-11,13-15,17,25,27-28,30,32H,4,6-8,12,16,18-19H2,1-2H3/t25-,27+,28?,30+/m0/s1. The number of aliphatic hydroxyl groups excluding tert-OH is 1. The Labute approximate surface area is 213 Å². The van der Waals surface area contributed by atoms with E-state index < -0.39 is 6.10 Å². The number of ketones is 1. The topological polar surface area (TPSA) is 82.1 Å². The highest BCUT2D eigenvalue weighted by molar-refractivity contribution is 5.85. The zero-order valence-corrected chi connectivity index (χ0v) is 21.2. The minimum absolute atomic E-state index is 0.0509. The van der Waals surface area contributed by atoms with Crippen molar-refractivity contribution in [3.8, 4) is 5.75 Å². The molecule has 1 N–H and O–H groups in total. The Bertz CT molecular complexity index is 1070. The predicted molar refractivity (Wildman–Crippen MR) is 137 cm³/mol. The van der Waals surface area contributed by atoms with Gasteiger partial charge in [0.25, 0.3) is 0 Å². The molecule has 0 amide bonds. The number of Topliss-reactive ketones (excluding diaryl/α,β-unsaturated/α-hetero) is 1. The third-order valence-electron chi connectivity index (χ3n) is 7.39. The van der Waals surface area contributed by atoms with Crippen molar-refractivity contribution < 1.29 is 28.9 Å². The number of benzene rings is 2. The van der Waals surface area contributed by atoms with Gasteiger partial charge in [-0.15, -0.1) is 0 Å². The summed E-state index contributed by atoms with van der Waals surface area (Å²) in [6, 6.07) is 14.3. The molecule has 0 heterocycles. The maximum absolute atomic E-state index is 12.7. The molecule has 4 rings (SSSR count). The van der Waals surface area contributed by atoms with Crippen LogP contribution in [0.5, 0.6) is 5.75 Å². The first-order valence-corrected chi connectivity index (χ1v) is 12.8. The molecule has 0 aromatic heterocycles. The number of unbranched alkanes of at least 4 members (excludes halogenated alkanes) is 1. The number of ether oxygens (including phenoxy) is 3. The van der Waals surface area contributed by atoms with Crippen LogP contribution in [0.4, 0.5) is 0 Å². The first-order chi connectivity index (χ1) is 17.5. The average molecular weight is 493 g/mol. The predicted octanol–water partition coefficient (Wildman–Crippen LogP) is 5.22. The van der Waals surface area contributed by atoms with Crippen molar-refractivity contribution in [3.05, 3.63) is 76.9 Å². The maximum Gasteiger partial charge on any atom is 0.305 e. The number of carbonyl (C=O) groups is 2. The van der Waals surface area contributed by atoms with Gasteiger partial charge >= 0.3 is 5.97 Å². The summed E-state index contributed by atoms with van der Waals surface area (Å²) in [7, 11) is 3.05. The summed E-state index contributed by atoms with van der Waals surface area (Å²) < 4.78 is 16.1. The van der Waals surface area contributed by atoms with E-state index in [2.05, 4.69) is 22.9 Å². The van der Waals surface area contributed by atoms with Crippen molar-refractivity contribution in [1.29, 1.82) is 0 Å². The summed E-state index contributed by atoms with van der Waals surface area (Å²) in [5, 5.41) is 10.7. The van der Waals surface area contributed by atoms with Crippen LogP contribution in [-0.4, -0.2) is 37.2 Å². The fraction of sp³-hybridized carbons (Fsp3) is 0.467. The van der Waals surface area contributed by atoms with Crippen LogP contribution in [0.2, 0.25) is 0 Å². The van der Waals surface area contributed by atoms with Gasteiger partial charge in [-0.25, -0.2) is 0 Å². The monoisotopic (exact) mass is 492 g/mol. The van der Waals surface area contributed by atoms with E-state index in [9.17, 15) is 14.7 Å². The van der Waals surface area contributed by atoms with E-state index >= 15 is 0 Å². The summed E-state index contributed by atoms with van der Waals surface area (Å²) in [5.74, 6) is 0.327. The Morgan fingerprint density at radius 2 is 1.92 bits per heavy atom. The van der Waals surface area contributed by atoms with Crippen LogP contribution >= 0.6 is 0 Å². The van der Waals surface area contributed by atoms with Crippen molar-refractivity contribution in [3.63, 3.8) is 0 Å². The molecule has 1 unspecified atom stereocenters. The molecule has 0 spiro atoms. The van der Waals surface area contributed by atoms with Gasteiger partial charge in [-0.05, 0) is 66.5 Å². The molecule has 0 radical (unpaired) electrons. The van der Waals surface area contributed by atoms with Crippen molar-refractivity contribution in [2.45, 2.75) is 69.7 Å². The second-order valence-corrected chi connectivity index (χ2v) is 9.69. The number of carbonyl (C=O) groups excluding carboxylic acids is 2. The number of aryl methyl sites for hydroxylation is 1. The smallest absolute Gasteiger partial charge is 0.305 e. The minimum atomic E-state index is -0.656. The van der Waals surface area contributed by atoms with E-state index in [1.165, 1.54) is 18.2 Å². The number of fused-ring (bicyclic) bond motifs is 1. The molecule has 192 valence electrons. The molecule has 4 atom stereocenters. The van der Waals surface area contributed by atoms with Crippen LogP contribution in [0.1, 0.15) is 72.8 Å². The molecule has 6 heteroatoms. The van der Waals surface area contributed by atoms with Gasteiger partial charge in [0, 0.05) is 24.7 Å². The number of rotatable bonds is 11. The van der Waals surface area contributed by atoms with Crippen molar-refractivity contribution >= 4 is 11.8 Å². The van der Waals surface area contributed by atoms with E-state index in [0.717, 1.165) is 42.6 Å². The number of aliphatic hydroxyl groups is 1. The largest absolute Gasteiger partial charge is 0.497 e. The van der Waals surface area contributed by atoms with Gasteiger partial charge in [-0.3, -0.25) is 9.59 Å². The highest BCUT2D eigenvalue weighted by Gasteiger charge is 2.42. The molecule has 6 nitrogen and oxygen atoms in total. The van der Waals surface area contributed by atoms with E-state index in [1.54, 1.807) is 7.11 Å². The number of esters is 1. The number of hydrogen-bond acceptors (Lipinski definition) is 6. The molecule has 36 heavy (non-hydrogen) atoms. The van der Waals surface area contributed by atoms with E-state index in [1.807, 2.05) is 36.4 Å². The van der Waals surface area contributed by atoms with Gasteiger partial charge in [-0.1, -0.05) is 42.5 Å². The summed E-state index contributed by atoms with van der Waals surface area (Å²) in [4.78, 5) is 23.9. The van der Waals surface area contributed by atoms with Crippen molar-refractivity contribution in [2.75, 3.05) is 14.2 Å². The van der Waals surface area contributed by atoms with Gasteiger partial charge in [0.05, 0.1) is 33.0 Å². The maximum atomic E-state index is 12.7. The molecule has 2 aliphatic rings. The Morgan fingerprint density at radius 1 is 1.11 bits per heavy atom. The second-order valence-electron chi connectivity index (χ2n) is 9.69. The van der Waals surface area contributed by atoms with Gasteiger partial charge in [0.15, 0.2) is 0 Å². The van der Waals surface area contributed by atoms with Gasteiger partial charge in [-0.2, -0.15) is 0 Å². The quantitative estimate of drug-likeness (QED) is 0.263. The molecule has 0 saturated heterocycles. The Balaban J connectivity index is 1.37. The highest BCUT2D eigenvalue weighted by atomic mass is 16.5. The average Bonchev–Trinajstić information content (AvgIpc) is 3.43. The molecule has 0 aliphatic heterocycles. The molecule has 2 aromatic rings. The fourth-order valence-electron chi connectivity index (χ4n) is 5.41. The second kappa shape index (κ2) is 12.3. The lowest BCUT2D eigenvalue weighted by molar-refractivity contribution is -0.140. The molecular formula is C30H36O6. The summed E-state index contributed by atoms with van der Waals surface area (Å²) in [6.07, 6.45) is 7.97. The Hall–Kier alpha value is -2.96. The zero-order valence-electron chi connectivity index (χ0n) is 21.2. The van der Waals surface area contributed by atoms with E-state index in [-0.39, 0.29) is 36.1 Å². The number of hydrogen-bond donors (Lipinski definition) is 1. The Kier molecular flexibility index (Phi) is 8.94. The summed E-state index contributed by atoms with van der Waals surface area (Å²) in [6.45, 7) is 0.541. The minimum Gasteiger partial charge on any atom is -0.497 e.